The number of quaternary nitrogens is 1. The Kier molecular flexibility index (Phi) is 9.53. The molecule has 0 N–H and O–H groups in total. The van der Waals surface area contributed by atoms with Crippen LogP contribution >= 0.6 is 0 Å². The first-order chi connectivity index (χ1) is 8.16. The predicted molar refractivity (Wildman–Crippen MR) is 79.0 cm³/mol. The van der Waals surface area contributed by atoms with Crippen molar-refractivity contribution in [2.45, 2.75) is 79.2 Å². The summed E-state index contributed by atoms with van der Waals surface area (Å²) < 4.78 is 1.21. The molecule has 0 aromatic rings. The number of allylic oxidation sites excluding steroid dienone is 1. The molecule has 1 unspecified atom stereocenters. The molecule has 1 heteroatoms. The molecule has 0 aromatic heterocycles. The predicted octanol–water partition coefficient (Wildman–Crippen LogP) is 5.13. The summed E-state index contributed by atoms with van der Waals surface area (Å²) in [7, 11) is 0. The van der Waals surface area contributed by atoms with Crippen molar-refractivity contribution in [1.82, 2.24) is 0 Å². The lowest BCUT2D eigenvalue weighted by Gasteiger charge is -2.41. The van der Waals surface area contributed by atoms with Gasteiger partial charge in [-0.2, -0.15) is 0 Å². The van der Waals surface area contributed by atoms with Gasteiger partial charge in [-0.3, -0.25) is 4.48 Å². The lowest BCUT2D eigenvalue weighted by molar-refractivity contribution is -0.903. The van der Waals surface area contributed by atoms with E-state index in [9.17, 15) is 0 Å². The maximum absolute atomic E-state index is 2.46. The van der Waals surface area contributed by atoms with Gasteiger partial charge in [-0.25, -0.2) is 0 Å². The summed E-state index contributed by atoms with van der Waals surface area (Å²) in [4.78, 5) is 0. The molecule has 0 rings (SSSR count). The molecule has 17 heavy (non-hydrogen) atoms. The van der Waals surface area contributed by atoms with Crippen LogP contribution in [0.2, 0.25) is 0 Å². The monoisotopic (exact) mass is 240 g/mol. The van der Waals surface area contributed by atoms with Crippen molar-refractivity contribution in [1.29, 1.82) is 0 Å². The van der Waals surface area contributed by atoms with Crippen LogP contribution in [0.4, 0.5) is 0 Å². The fourth-order valence-electron chi connectivity index (χ4n) is 2.73. The van der Waals surface area contributed by atoms with Crippen molar-refractivity contribution in [2.24, 2.45) is 0 Å². The molecule has 0 aliphatic rings. The SMILES string of the molecule is CC=C[N+](CCCC)(CCCC)C(C)CCC. The molecule has 0 radical (unpaired) electrons. The molecular weight excluding hydrogens is 206 g/mol. The van der Waals surface area contributed by atoms with E-state index < -0.39 is 0 Å². The van der Waals surface area contributed by atoms with Crippen LogP contribution in [-0.2, 0) is 0 Å². The van der Waals surface area contributed by atoms with Crippen LogP contribution in [0.3, 0.4) is 0 Å². The van der Waals surface area contributed by atoms with Crippen LogP contribution in [0, 0.1) is 0 Å². The van der Waals surface area contributed by atoms with Crippen molar-refractivity contribution in [3.63, 3.8) is 0 Å². The Labute approximate surface area is 109 Å². The van der Waals surface area contributed by atoms with Crippen molar-refractivity contribution in [2.75, 3.05) is 13.1 Å². The molecule has 0 bridgehead atoms. The molecule has 0 aromatic carbocycles. The quantitative estimate of drug-likeness (QED) is 0.465. The van der Waals surface area contributed by atoms with E-state index in [0.717, 1.165) is 6.04 Å². The molecule has 0 fully saturated rings. The average molecular weight is 240 g/mol. The van der Waals surface area contributed by atoms with Gasteiger partial charge in [0.15, 0.2) is 0 Å². The molecule has 1 atom stereocenters. The lowest BCUT2D eigenvalue weighted by Crippen LogP contribution is -2.51. The second-order valence-corrected chi connectivity index (χ2v) is 5.38. The molecule has 0 saturated carbocycles. The van der Waals surface area contributed by atoms with Crippen LogP contribution in [0.5, 0.6) is 0 Å². The highest BCUT2D eigenvalue weighted by Crippen LogP contribution is 2.22. The third-order valence-corrected chi connectivity index (χ3v) is 3.89. The summed E-state index contributed by atoms with van der Waals surface area (Å²) in [5, 5.41) is 0. The second kappa shape index (κ2) is 9.70. The normalized spacial score (nSPS) is 14.4. The van der Waals surface area contributed by atoms with Gasteiger partial charge in [0.25, 0.3) is 0 Å². The summed E-state index contributed by atoms with van der Waals surface area (Å²) in [6, 6.07) is 0.772. The summed E-state index contributed by atoms with van der Waals surface area (Å²) >= 11 is 0. The molecule has 0 heterocycles. The van der Waals surface area contributed by atoms with E-state index in [-0.39, 0.29) is 0 Å². The number of unbranched alkanes of at least 4 members (excludes halogenated alkanes) is 2. The second-order valence-electron chi connectivity index (χ2n) is 5.38. The molecule has 1 nitrogen and oxygen atoms in total. The topological polar surface area (TPSA) is 0 Å². The summed E-state index contributed by atoms with van der Waals surface area (Å²) in [6.07, 6.45) is 12.7. The van der Waals surface area contributed by atoms with E-state index in [1.54, 1.807) is 0 Å². The zero-order valence-electron chi connectivity index (χ0n) is 12.8. The van der Waals surface area contributed by atoms with Gasteiger partial charge in [-0.05, 0) is 39.2 Å². The molecule has 0 spiro atoms. The van der Waals surface area contributed by atoms with E-state index in [0.29, 0.717) is 0 Å². The average Bonchev–Trinajstić information content (AvgIpc) is 2.33. The van der Waals surface area contributed by atoms with Crippen LogP contribution in [0.25, 0.3) is 0 Å². The highest BCUT2D eigenvalue weighted by atomic mass is 15.4. The zero-order valence-corrected chi connectivity index (χ0v) is 12.8. The van der Waals surface area contributed by atoms with Crippen molar-refractivity contribution >= 4 is 0 Å². The maximum Gasteiger partial charge on any atom is 0.0917 e. The van der Waals surface area contributed by atoms with Gasteiger partial charge < -0.3 is 0 Å². The van der Waals surface area contributed by atoms with Crippen molar-refractivity contribution < 1.29 is 4.48 Å². The highest BCUT2D eigenvalue weighted by Gasteiger charge is 2.29. The maximum atomic E-state index is 2.46. The van der Waals surface area contributed by atoms with E-state index in [1.807, 2.05) is 0 Å². The fraction of sp³-hybridized carbons (Fsp3) is 0.875. The molecule has 0 saturated heterocycles. The number of hydrogen-bond donors (Lipinski definition) is 0. The van der Waals surface area contributed by atoms with Gasteiger partial charge in [0.05, 0.1) is 25.3 Å². The van der Waals surface area contributed by atoms with E-state index in [4.69, 9.17) is 0 Å². The number of hydrogen-bond acceptors (Lipinski definition) is 0. The molecule has 0 aliphatic carbocycles. The number of nitrogens with zero attached hydrogens (tertiary/aromatic N) is 1. The lowest BCUT2D eigenvalue weighted by atomic mass is 10.1. The minimum absolute atomic E-state index is 0.772. The van der Waals surface area contributed by atoms with Crippen LogP contribution in [0.15, 0.2) is 12.3 Å². The Morgan fingerprint density at radius 1 is 0.941 bits per heavy atom. The third-order valence-electron chi connectivity index (χ3n) is 3.89. The largest absolute Gasteiger partial charge is 0.295 e. The Bertz CT molecular complexity index is 188. The van der Waals surface area contributed by atoms with E-state index >= 15 is 0 Å². The standard InChI is InChI=1S/C16H34N/c1-6-10-14-17(13-9-4,15-11-7-2)16(5)12-8-3/h9,13,16H,6-8,10-12,14-15H2,1-5H3/q+1. The fourth-order valence-corrected chi connectivity index (χ4v) is 2.73. The van der Waals surface area contributed by atoms with Gasteiger partial charge >= 0.3 is 0 Å². The van der Waals surface area contributed by atoms with Gasteiger partial charge in [-0.15, -0.1) is 0 Å². The van der Waals surface area contributed by atoms with Crippen molar-refractivity contribution in [3.05, 3.63) is 12.3 Å². The first-order valence-electron chi connectivity index (χ1n) is 7.67. The van der Waals surface area contributed by atoms with Gasteiger partial charge in [-0.1, -0.05) is 40.0 Å². The van der Waals surface area contributed by atoms with E-state index in [2.05, 4.69) is 46.9 Å². The van der Waals surface area contributed by atoms with E-state index in [1.165, 1.54) is 56.1 Å². The molecule has 0 aliphatic heterocycles. The van der Waals surface area contributed by atoms with Gasteiger partial charge in [0, 0.05) is 0 Å². The van der Waals surface area contributed by atoms with Crippen LogP contribution in [0.1, 0.15) is 73.1 Å². The highest BCUT2D eigenvalue weighted by molar-refractivity contribution is 4.72. The first kappa shape index (κ1) is 16.7. The smallest absolute Gasteiger partial charge is 0.0917 e. The van der Waals surface area contributed by atoms with Crippen LogP contribution < -0.4 is 0 Å². The Hall–Kier alpha value is -0.300. The molecule has 0 amide bonds. The van der Waals surface area contributed by atoms with Gasteiger partial charge in [0.1, 0.15) is 0 Å². The Morgan fingerprint density at radius 3 is 1.82 bits per heavy atom. The minimum Gasteiger partial charge on any atom is -0.295 e. The minimum atomic E-state index is 0.772. The van der Waals surface area contributed by atoms with Crippen LogP contribution in [-0.4, -0.2) is 23.6 Å². The Morgan fingerprint density at radius 2 is 1.47 bits per heavy atom. The van der Waals surface area contributed by atoms with Crippen molar-refractivity contribution in [3.8, 4) is 0 Å². The third kappa shape index (κ3) is 5.72. The summed E-state index contributed by atoms with van der Waals surface area (Å²) in [5.74, 6) is 0. The zero-order chi connectivity index (χ0) is 13.1. The van der Waals surface area contributed by atoms with Gasteiger partial charge in [0.2, 0.25) is 0 Å². The molecule has 102 valence electrons. The summed E-state index contributed by atoms with van der Waals surface area (Å²) in [6.45, 7) is 14.2. The summed E-state index contributed by atoms with van der Waals surface area (Å²) in [5.41, 5.74) is 0. The molecular formula is C16H34N+. The Balaban J connectivity index is 4.78. The first-order valence-corrected chi connectivity index (χ1v) is 7.67. The number of rotatable bonds is 10.